The highest BCUT2D eigenvalue weighted by Crippen LogP contribution is 2.25. The molecular weight excluding hydrogens is 348 g/mol. The standard InChI is InChI=1S/C19H16N4O2S/c24-14-5-2-1-4-12(14)7-9-21-19(25)13-8-10-20-18-16(13)22-17(23-18)15-6-3-11-26-15/h1-6,8,10-11,24H,7,9H2,(H,21,25)(H,20,22,23). The number of fused-ring (bicyclic) bond motifs is 1. The number of benzene rings is 1. The van der Waals surface area contributed by atoms with Gasteiger partial charge in [-0.15, -0.1) is 11.3 Å². The van der Waals surface area contributed by atoms with Crippen LogP contribution in [0.4, 0.5) is 0 Å². The van der Waals surface area contributed by atoms with Crippen molar-refractivity contribution in [2.24, 2.45) is 0 Å². The molecule has 0 aliphatic carbocycles. The SMILES string of the molecule is O=C(NCCc1ccccc1O)c1ccnc2[nH]c(-c3cccs3)nc12. The molecule has 0 aliphatic heterocycles. The maximum Gasteiger partial charge on any atom is 0.253 e. The topological polar surface area (TPSA) is 90.9 Å². The smallest absolute Gasteiger partial charge is 0.253 e. The van der Waals surface area contributed by atoms with Gasteiger partial charge in [-0.25, -0.2) is 9.97 Å². The van der Waals surface area contributed by atoms with E-state index in [2.05, 4.69) is 20.3 Å². The van der Waals surface area contributed by atoms with Gasteiger partial charge in [-0.1, -0.05) is 24.3 Å². The number of hydrogen-bond acceptors (Lipinski definition) is 5. The van der Waals surface area contributed by atoms with E-state index < -0.39 is 0 Å². The van der Waals surface area contributed by atoms with Gasteiger partial charge in [0, 0.05) is 12.7 Å². The Morgan fingerprint density at radius 3 is 2.88 bits per heavy atom. The molecule has 0 radical (unpaired) electrons. The zero-order valence-corrected chi connectivity index (χ0v) is 14.6. The number of carbonyl (C=O) groups is 1. The Morgan fingerprint density at radius 1 is 1.19 bits per heavy atom. The van der Waals surface area contributed by atoms with Gasteiger partial charge in [0.1, 0.15) is 17.1 Å². The third kappa shape index (κ3) is 3.16. The van der Waals surface area contributed by atoms with Crippen LogP contribution in [0.1, 0.15) is 15.9 Å². The number of nitrogens with zero attached hydrogens (tertiary/aromatic N) is 2. The van der Waals surface area contributed by atoms with E-state index in [1.54, 1.807) is 35.7 Å². The molecule has 1 aromatic carbocycles. The zero-order valence-electron chi connectivity index (χ0n) is 13.8. The summed E-state index contributed by atoms with van der Waals surface area (Å²) in [6.07, 6.45) is 2.14. The highest BCUT2D eigenvalue weighted by Gasteiger charge is 2.15. The van der Waals surface area contributed by atoms with Gasteiger partial charge in [0.25, 0.3) is 5.91 Å². The van der Waals surface area contributed by atoms with Gasteiger partial charge < -0.3 is 15.4 Å². The molecule has 7 heteroatoms. The molecule has 0 fully saturated rings. The van der Waals surface area contributed by atoms with Crippen molar-refractivity contribution >= 4 is 28.4 Å². The minimum Gasteiger partial charge on any atom is -0.508 e. The van der Waals surface area contributed by atoms with Crippen molar-refractivity contribution in [2.75, 3.05) is 6.54 Å². The second kappa shape index (κ2) is 6.97. The predicted molar refractivity (Wildman–Crippen MR) is 101 cm³/mol. The number of aromatic hydroxyl groups is 1. The summed E-state index contributed by atoms with van der Waals surface area (Å²) in [6, 6.07) is 12.7. The molecule has 26 heavy (non-hydrogen) atoms. The quantitative estimate of drug-likeness (QED) is 0.506. The Balaban J connectivity index is 1.52. The van der Waals surface area contributed by atoms with Crippen LogP contribution in [0.2, 0.25) is 0 Å². The Kier molecular flexibility index (Phi) is 4.37. The van der Waals surface area contributed by atoms with Gasteiger partial charge in [-0.05, 0) is 35.6 Å². The Bertz CT molecular complexity index is 1060. The molecular formula is C19H16N4O2S. The first-order chi connectivity index (χ1) is 12.7. The molecule has 3 aromatic heterocycles. The van der Waals surface area contributed by atoms with Crippen molar-refractivity contribution < 1.29 is 9.90 Å². The van der Waals surface area contributed by atoms with Crippen molar-refractivity contribution in [1.82, 2.24) is 20.3 Å². The van der Waals surface area contributed by atoms with Crippen molar-refractivity contribution in [3.05, 3.63) is 65.2 Å². The summed E-state index contributed by atoms with van der Waals surface area (Å²) in [7, 11) is 0. The monoisotopic (exact) mass is 364 g/mol. The van der Waals surface area contributed by atoms with E-state index in [1.807, 2.05) is 29.6 Å². The molecule has 0 unspecified atom stereocenters. The van der Waals surface area contributed by atoms with E-state index in [0.29, 0.717) is 35.5 Å². The highest BCUT2D eigenvalue weighted by atomic mass is 32.1. The lowest BCUT2D eigenvalue weighted by Crippen LogP contribution is -2.26. The first-order valence-corrected chi connectivity index (χ1v) is 9.04. The van der Waals surface area contributed by atoms with Crippen LogP contribution in [0.3, 0.4) is 0 Å². The molecule has 3 N–H and O–H groups in total. The van der Waals surface area contributed by atoms with Gasteiger partial charge in [0.05, 0.1) is 10.4 Å². The summed E-state index contributed by atoms with van der Waals surface area (Å²) in [6.45, 7) is 0.419. The fourth-order valence-corrected chi connectivity index (χ4v) is 3.42. The van der Waals surface area contributed by atoms with Gasteiger partial charge >= 0.3 is 0 Å². The lowest BCUT2D eigenvalue weighted by Gasteiger charge is -2.07. The number of nitrogens with one attached hydrogen (secondary N) is 2. The van der Waals surface area contributed by atoms with Crippen LogP contribution < -0.4 is 5.32 Å². The molecule has 0 atom stereocenters. The van der Waals surface area contributed by atoms with Crippen LogP contribution in [0.5, 0.6) is 5.75 Å². The number of phenolic OH excluding ortho intramolecular Hbond substituents is 1. The first kappa shape index (κ1) is 16.3. The molecule has 1 amide bonds. The summed E-state index contributed by atoms with van der Waals surface area (Å²) >= 11 is 1.57. The average Bonchev–Trinajstić information content (AvgIpc) is 3.32. The van der Waals surface area contributed by atoms with E-state index in [-0.39, 0.29) is 11.7 Å². The first-order valence-electron chi connectivity index (χ1n) is 8.16. The molecule has 0 saturated carbocycles. The number of aromatic nitrogens is 3. The number of H-pyrrole nitrogens is 1. The summed E-state index contributed by atoms with van der Waals surface area (Å²) < 4.78 is 0. The van der Waals surface area contributed by atoms with Crippen molar-refractivity contribution in [1.29, 1.82) is 0 Å². The van der Waals surface area contributed by atoms with E-state index in [0.717, 1.165) is 10.4 Å². The number of hydrogen-bond donors (Lipinski definition) is 3. The maximum atomic E-state index is 12.6. The number of aromatic amines is 1. The van der Waals surface area contributed by atoms with Crippen molar-refractivity contribution in [3.63, 3.8) is 0 Å². The molecule has 0 bridgehead atoms. The molecule has 4 rings (SSSR count). The number of para-hydroxylation sites is 1. The molecule has 6 nitrogen and oxygen atoms in total. The largest absolute Gasteiger partial charge is 0.508 e. The third-order valence-electron chi connectivity index (χ3n) is 4.06. The van der Waals surface area contributed by atoms with Crippen LogP contribution in [0.15, 0.2) is 54.0 Å². The summed E-state index contributed by atoms with van der Waals surface area (Å²) in [5, 5.41) is 14.6. The number of amides is 1. The van der Waals surface area contributed by atoms with E-state index >= 15 is 0 Å². The van der Waals surface area contributed by atoms with E-state index in [1.165, 1.54) is 0 Å². The van der Waals surface area contributed by atoms with E-state index in [4.69, 9.17) is 0 Å². The summed E-state index contributed by atoms with van der Waals surface area (Å²) in [5.74, 6) is 0.731. The minimum absolute atomic E-state index is 0.211. The minimum atomic E-state index is -0.211. The second-order valence-electron chi connectivity index (χ2n) is 5.75. The van der Waals surface area contributed by atoms with Crippen molar-refractivity contribution in [3.8, 4) is 16.5 Å². The van der Waals surface area contributed by atoms with E-state index in [9.17, 15) is 9.90 Å². The van der Waals surface area contributed by atoms with Crippen LogP contribution in [0, 0.1) is 0 Å². The lowest BCUT2D eigenvalue weighted by atomic mass is 10.1. The molecule has 0 aliphatic rings. The number of carbonyl (C=O) groups excluding carboxylic acids is 1. The van der Waals surface area contributed by atoms with Crippen LogP contribution in [0.25, 0.3) is 21.9 Å². The number of pyridine rings is 1. The number of rotatable bonds is 5. The van der Waals surface area contributed by atoms with Crippen LogP contribution in [-0.4, -0.2) is 32.5 Å². The fourth-order valence-electron chi connectivity index (χ4n) is 2.75. The summed E-state index contributed by atoms with van der Waals surface area (Å²) in [5.41, 5.74) is 2.41. The maximum absolute atomic E-state index is 12.6. The van der Waals surface area contributed by atoms with Gasteiger partial charge in [-0.2, -0.15) is 0 Å². The zero-order chi connectivity index (χ0) is 17.9. The van der Waals surface area contributed by atoms with Crippen LogP contribution >= 0.6 is 11.3 Å². The number of phenols is 1. The highest BCUT2D eigenvalue weighted by molar-refractivity contribution is 7.13. The third-order valence-corrected chi connectivity index (χ3v) is 4.93. The average molecular weight is 364 g/mol. The lowest BCUT2D eigenvalue weighted by molar-refractivity contribution is 0.0955. The number of thiophene rings is 1. The predicted octanol–water partition coefficient (Wildman–Crippen LogP) is 3.36. The van der Waals surface area contributed by atoms with Gasteiger partial charge in [0.2, 0.25) is 0 Å². The van der Waals surface area contributed by atoms with Gasteiger partial charge in [0.15, 0.2) is 5.65 Å². The molecule has 0 spiro atoms. The normalized spacial score (nSPS) is 10.9. The van der Waals surface area contributed by atoms with Gasteiger partial charge in [-0.3, -0.25) is 4.79 Å². The Hall–Kier alpha value is -3.19. The fraction of sp³-hybridized carbons (Fsp3) is 0.105. The molecule has 3 heterocycles. The summed E-state index contributed by atoms with van der Waals surface area (Å²) in [4.78, 5) is 25.5. The second-order valence-corrected chi connectivity index (χ2v) is 6.70. The Labute approximate surface area is 153 Å². The molecule has 130 valence electrons. The molecule has 4 aromatic rings. The molecule has 0 saturated heterocycles. The Morgan fingerprint density at radius 2 is 2.08 bits per heavy atom. The van der Waals surface area contributed by atoms with Crippen molar-refractivity contribution in [2.45, 2.75) is 6.42 Å². The number of imidazole rings is 1. The van der Waals surface area contributed by atoms with Crippen LogP contribution in [-0.2, 0) is 6.42 Å².